The minimum atomic E-state index is -0.401. The molecule has 0 aliphatic carbocycles. The predicted molar refractivity (Wildman–Crippen MR) is 106 cm³/mol. The van der Waals surface area contributed by atoms with Gasteiger partial charge in [0.2, 0.25) is 0 Å². The monoisotopic (exact) mass is 377 g/mol. The molecular formula is C23H23NO4. The van der Waals surface area contributed by atoms with Crippen LogP contribution >= 0.6 is 0 Å². The van der Waals surface area contributed by atoms with Gasteiger partial charge < -0.3 is 14.2 Å². The molecule has 0 N–H and O–H groups in total. The number of nitrogens with zero attached hydrogens (tertiary/aromatic N) is 1. The number of carbonyl (C=O) groups is 1. The summed E-state index contributed by atoms with van der Waals surface area (Å²) in [6.45, 7) is 2.54. The highest BCUT2D eigenvalue weighted by molar-refractivity contribution is 5.71. The first-order valence-electron chi connectivity index (χ1n) is 9.22. The Morgan fingerprint density at radius 1 is 0.893 bits per heavy atom. The fourth-order valence-corrected chi connectivity index (χ4v) is 2.60. The lowest BCUT2D eigenvalue weighted by atomic mass is 10.1. The number of benzene rings is 2. The molecule has 0 atom stereocenters. The maximum absolute atomic E-state index is 11.9. The van der Waals surface area contributed by atoms with E-state index in [2.05, 4.69) is 4.98 Å². The van der Waals surface area contributed by atoms with Crippen molar-refractivity contribution in [2.45, 2.75) is 26.6 Å². The second-order valence-electron chi connectivity index (χ2n) is 6.16. The van der Waals surface area contributed by atoms with Crippen LogP contribution in [0.1, 0.15) is 23.7 Å². The fourth-order valence-electron chi connectivity index (χ4n) is 2.60. The summed E-state index contributed by atoms with van der Waals surface area (Å²) in [5, 5.41) is 0. The maximum Gasteiger partial charge on any atom is 0.344 e. The van der Waals surface area contributed by atoms with Crippen molar-refractivity contribution in [1.29, 1.82) is 0 Å². The van der Waals surface area contributed by atoms with Crippen LogP contribution < -0.4 is 9.47 Å². The van der Waals surface area contributed by atoms with Crippen molar-refractivity contribution in [2.24, 2.45) is 0 Å². The van der Waals surface area contributed by atoms with Crippen LogP contribution in [0, 0.1) is 0 Å². The summed E-state index contributed by atoms with van der Waals surface area (Å²) in [7, 11) is 0. The summed E-state index contributed by atoms with van der Waals surface area (Å²) >= 11 is 0. The number of rotatable bonds is 9. The van der Waals surface area contributed by atoms with Crippen LogP contribution in [-0.4, -0.2) is 17.6 Å². The molecule has 0 unspecified atom stereocenters. The van der Waals surface area contributed by atoms with E-state index in [1.54, 1.807) is 6.20 Å². The molecule has 0 amide bonds. The molecule has 28 heavy (non-hydrogen) atoms. The fraction of sp³-hybridized carbons (Fsp3) is 0.217. The number of ether oxygens (including phenoxy) is 3. The van der Waals surface area contributed by atoms with Gasteiger partial charge in [-0.15, -0.1) is 0 Å². The van der Waals surface area contributed by atoms with Crippen LogP contribution in [0.25, 0.3) is 0 Å². The van der Waals surface area contributed by atoms with E-state index in [9.17, 15) is 4.79 Å². The summed E-state index contributed by atoms with van der Waals surface area (Å²) in [6.07, 6.45) is 2.58. The number of aromatic nitrogens is 1. The molecule has 0 radical (unpaired) electrons. The highest BCUT2D eigenvalue weighted by atomic mass is 16.6. The molecule has 144 valence electrons. The Hall–Kier alpha value is -3.34. The molecule has 0 saturated carbocycles. The van der Waals surface area contributed by atoms with Crippen molar-refractivity contribution >= 4 is 5.97 Å². The summed E-state index contributed by atoms with van der Waals surface area (Å²) in [6, 6.07) is 20.8. The lowest BCUT2D eigenvalue weighted by Crippen LogP contribution is -2.15. The first-order valence-corrected chi connectivity index (χ1v) is 9.22. The predicted octanol–water partition coefficient (Wildman–Crippen LogP) is 4.35. The smallest absolute Gasteiger partial charge is 0.344 e. The Kier molecular flexibility index (Phi) is 7.01. The Bertz CT molecular complexity index is 879. The number of pyridine rings is 1. The van der Waals surface area contributed by atoms with Gasteiger partial charge in [0.05, 0.1) is 5.69 Å². The van der Waals surface area contributed by atoms with E-state index in [-0.39, 0.29) is 13.2 Å². The number of para-hydroxylation sites is 1. The zero-order valence-corrected chi connectivity index (χ0v) is 15.8. The molecule has 0 bridgehead atoms. The van der Waals surface area contributed by atoms with Crippen LogP contribution in [-0.2, 0) is 29.2 Å². The topological polar surface area (TPSA) is 57.7 Å². The van der Waals surface area contributed by atoms with E-state index < -0.39 is 5.97 Å². The van der Waals surface area contributed by atoms with Gasteiger partial charge in [-0.1, -0.05) is 43.3 Å². The lowest BCUT2D eigenvalue weighted by Gasteiger charge is -2.10. The van der Waals surface area contributed by atoms with E-state index in [0.717, 1.165) is 34.7 Å². The summed E-state index contributed by atoms with van der Waals surface area (Å²) in [4.78, 5) is 16.2. The zero-order valence-electron chi connectivity index (χ0n) is 15.8. The molecule has 1 heterocycles. The van der Waals surface area contributed by atoms with E-state index in [1.165, 1.54) is 0 Å². The average Bonchev–Trinajstić information content (AvgIpc) is 2.76. The average molecular weight is 377 g/mol. The molecule has 3 aromatic rings. The largest absolute Gasteiger partial charge is 0.487 e. The van der Waals surface area contributed by atoms with E-state index in [4.69, 9.17) is 14.2 Å². The minimum Gasteiger partial charge on any atom is -0.487 e. The molecule has 2 aromatic carbocycles. The second kappa shape index (κ2) is 10.1. The highest BCUT2D eigenvalue weighted by Gasteiger charge is 2.07. The standard InChI is InChI=1S/C23H23NO4/c1-2-19-7-3-4-9-22(19)27-17-23(25)28-15-18-10-12-21(13-11-18)26-16-20-8-5-6-14-24-20/h3-14H,2,15-17H2,1H3. The van der Waals surface area contributed by atoms with Gasteiger partial charge in [0.15, 0.2) is 6.61 Å². The Balaban J connectivity index is 1.42. The maximum atomic E-state index is 11.9. The number of carbonyl (C=O) groups excluding carboxylic acids is 1. The van der Waals surface area contributed by atoms with Gasteiger partial charge in [-0.3, -0.25) is 4.98 Å². The first kappa shape index (κ1) is 19.4. The Morgan fingerprint density at radius 3 is 2.43 bits per heavy atom. The third kappa shape index (κ3) is 5.84. The first-order chi connectivity index (χ1) is 13.7. The molecule has 5 nitrogen and oxygen atoms in total. The SMILES string of the molecule is CCc1ccccc1OCC(=O)OCc1ccc(OCc2ccccn2)cc1. The van der Waals surface area contributed by atoms with Crippen molar-refractivity contribution in [3.05, 3.63) is 89.7 Å². The second-order valence-corrected chi connectivity index (χ2v) is 6.16. The molecule has 5 heteroatoms. The van der Waals surface area contributed by atoms with Gasteiger partial charge in [-0.2, -0.15) is 0 Å². The van der Waals surface area contributed by atoms with E-state index >= 15 is 0 Å². The van der Waals surface area contributed by atoms with Crippen molar-refractivity contribution in [3.63, 3.8) is 0 Å². The molecular weight excluding hydrogens is 354 g/mol. The van der Waals surface area contributed by atoms with Gasteiger partial charge in [0, 0.05) is 6.20 Å². The van der Waals surface area contributed by atoms with Gasteiger partial charge in [-0.25, -0.2) is 4.79 Å². The summed E-state index contributed by atoms with van der Waals surface area (Å²) in [5.41, 5.74) is 2.81. The van der Waals surface area contributed by atoms with E-state index in [1.807, 2.05) is 73.7 Å². The van der Waals surface area contributed by atoms with Crippen LogP contribution in [0.4, 0.5) is 0 Å². The molecule has 0 aliphatic heterocycles. The van der Waals surface area contributed by atoms with Gasteiger partial charge in [0.25, 0.3) is 0 Å². The van der Waals surface area contributed by atoms with Crippen molar-refractivity contribution in [2.75, 3.05) is 6.61 Å². The Morgan fingerprint density at radius 2 is 1.68 bits per heavy atom. The Labute approximate surface area is 164 Å². The molecule has 1 aromatic heterocycles. The lowest BCUT2D eigenvalue weighted by molar-refractivity contribution is -0.147. The van der Waals surface area contributed by atoms with Gasteiger partial charge >= 0.3 is 5.97 Å². The van der Waals surface area contributed by atoms with Crippen LogP contribution in [0.15, 0.2) is 72.9 Å². The third-order valence-corrected chi connectivity index (χ3v) is 4.14. The number of hydrogen-bond acceptors (Lipinski definition) is 5. The molecule has 0 aliphatic rings. The molecule has 0 fully saturated rings. The third-order valence-electron chi connectivity index (χ3n) is 4.14. The normalized spacial score (nSPS) is 10.3. The number of esters is 1. The molecule has 0 spiro atoms. The van der Waals surface area contributed by atoms with Crippen molar-refractivity contribution < 1.29 is 19.0 Å². The van der Waals surface area contributed by atoms with Crippen molar-refractivity contribution in [3.8, 4) is 11.5 Å². The van der Waals surface area contributed by atoms with Gasteiger partial charge in [-0.05, 0) is 47.9 Å². The summed E-state index contributed by atoms with van der Waals surface area (Å²) in [5.74, 6) is 1.05. The minimum absolute atomic E-state index is 0.109. The highest BCUT2D eigenvalue weighted by Crippen LogP contribution is 2.18. The number of hydrogen-bond donors (Lipinski definition) is 0. The van der Waals surface area contributed by atoms with Gasteiger partial charge in [0.1, 0.15) is 24.7 Å². The van der Waals surface area contributed by atoms with Crippen molar-refractivity contribution in [1.82, 2.24) is 4.98 Å². The molecule has 0 saturated heterocycles. The quantitative estimate of drug-likeness (QED) is 0.519. The van der Waals surface area contributed by atoms with Crippen LogP contribution in [0.3, 0.4) is 0 Å². The summed E-state index contributed by atoms with van der Waals surface area (Å²) < 4.78 is 16.5. The van der Waals surface area contributed by atoms with E-state index in [0.29, 0.717) is 6.61 Å². The number of aryl methyl sites for hydroxylation is 1. The molecule has 3 rings (SSSR count). The zero-order chi connectivity index (χ0) is 19.6. The van der Waals surface area contributed by atoms with Crippen LogP contribution in [0.5, 0.6) is 11.5 Å². The van der Waals surface area contributed by atoms with Crippen LogP contribution in [0.2, 0.25) is 0 Å².